The molecule has 1 N–H and O–H groups in total. The average Bonchev–Trinajstić information content (AvgIpc) is 2.90. The number of carbonyl (C=O) groups is 1. The van der Waals surface area contributed by atoms with Crippen LogP contribution in [0.25, 0.3) is 11.1 Å². The molecule has 0 aliphatic heterocycles. The molecule has 36 heavy (non-hydrogen) atoms. The summed E-state index contributed by atoms with van der Waals surface area (Å²) in [7, 11) is 5.67. The van der Waals surface area contributed by atoms with Gasteiger partial charge >= 0.3 is 0 Å². The van der Waals surface area contributed by atoms with Gasteiger partial charge < -0.3 is 24.4 Å². The number of hydrogen-bond acceptors (Lipinski definition) is 5. The highest BCUT2D eigenvalue weighted by Crippen LogP contribution is 2.31. The molecule has 0 saturated carbocycles. The van der Waals surface area contributed by atoms with Crippen LogP contribution in [0.15, 0.2) is 78.9 Å². The molecule has 0 radical (unpaired) electrons. The van der Waals surface area contributed by atoms with Crippen LogP contribution in [0.2, 0.25) is 0 Å². The molecule has 0 aromatic heterocycles. The first-order chi connectivity index (χ1) is 17.5. The topological polar surface area (TPSA) is 60.0 Å². The minimum Gasteiger partial charge on any atom is -0.494 e. The van der Waals surface area contributed by atoms with Crippen LogP contribution in [0.5, 0.6) is 11.5 Å². The van der Waals surface area contributed by atoms with Crippen molar-refractivity contribution < 1.29 is 19.0 Å². The van der Waals surface area contributed by atoms with Gasteiger partial charge in [-0.3, -0.25) is 4.79 Å². The van der Waals surface area contributed by atoms with E-state index in [1.54, 1.807) is 7.11 Å². The van der Waals surface area contributed by atoms with Crippen LogP contribution in [-0.4, -0.2) is 52.0 Å². The van der Waals surface area contributed by atoms with Gasteiger partial charge in [0.2, 0.25) is 0 Å². The average molecular weight is 489 g/mol. The van der Waals surface area contributed by atoms with Crippen LogP contribution in [0.4, 0.5) is 5.69 Å². The number of ether oxygens (including phenoxy) is 3. The molecule has 6 heteroatoms. The fourth-order valence-corrected chi connectivity index (χ4v) is 3.85. The summed E-state index contributed by atoms with van der Waals surface area (Å²) in [6.45, 7) is 3.86. The number of rotatable bonds is 13. The lowest BCUT2D eigenvalue weighted by atomic mass is 9.92. The van der Waals surface area contributed by atoms with Crippen molar-refractivity contribution >= 4 is 22.7 Å². The molecule has 0 aliphatic carbocycles. The summed E-state index contributed by atoms with van der Waals surface area (Å²) in [6, 6.07) is 25.0. The number of anilines is 1. The van der Waals surface area contributed by atoms with E-state index >= 15 is 0 Å². The Morgan fingerprint density at radius 2 is 1.47 bits per heavy atom. The molecule has 0 atom stereocenters. The van der Waals surface area contributed by atoms with Gasteiger partial charge in [0.1, 0.15) is 11.5 Å². The first kappa shape index (κ1) is 27.0. The third-order valence-corrected chi connectivity index (χ3v) is 5.62. The summed E-state index contributed by atoms with van der Waals surface area (Å²) < 4.78 is 16.3. The Morgan fingerprint density at radius 3 is 2.08 bits per heavy atom. The lowest BCUT2D eigenvalue weighted by Crippen LogP contribution is -2.16. The lowest BCUT2D eigenvalue weighted by Gasteiger charge is -2.16. The summed E-state index contributed by atoms with van der Waals surface area (Å²) in [5.41, 5.74) is 4.15. The normalized spacial score (nSPS) is 11.7. The molecule has 0 spiro atoms. The maximum absolute atomic E-state index is 13.6. The Balaban J connectivity index is 1.83. The summed E-state index contributed by atoms with van der Waals surface area (Å²) in [5, 5.41) is 3.07. The Morgan fingerprint density at radius 1 is 0.833 bits per heavy atom. The van der Waals surface area contributed by atoms with Crippen LogP contribution >= 0.6 is 0 Å². The van der Waals surface area contributed by atoms with Gasteiger partial charge in [0, 0.05) is 19.3 Å². The molecule has 6 nitrogen and oxygen atoms in total. The van der Waals surface area contributed by atoms with Crippen LogP contribution in [0.1, 0.15) is 30.9 Å². The third kappa shape index (κ3) is 7.97. The number of methoxy groups -OCH3 is 1. The summed E-state index contributed by atoms with van der Waals surface area (Å²) in [5.74, 6) is 1.30. The molecule has 0 heterocycles. The predicted octanol–water partition coefficient (Wildman–Crippen LogP) is 5.96. The van der Waals surface area contributed by atoms with Crippen LogP contribution in [0.3, 0.4) is 0 Å². The Kier molecular flexibility index (Phi) is 10.5. The smallest absolute Gasteiger partial charge is 0.256 e. The summed E-state index contributed by atoms with van der Waals surface area (Å²) in [4.78, 5) is 15.8. The summed E-state index contributed by atoms with van der Waals surface area (Å²) >= 11 is 0. The van der Waals surface area contributed by atoms with Crippen molar-refractivity contribution in [2.45, 2.75) is 19.8 Å². The van der Waals surface area contributed by atoms with E-state index in [-0.39, 0.29) is 12.7 Å². The number of benzene rings is 3. The monoisotopic (exact) mass is 488 g/mol. The van der Waals surface area contributed by atoms with E-state index in [1.807, 2.05) is 93.0 Å². The zero-order chi connectivity index (χ0) is 25.8. The van der Waals surface area contributed by atoms with Gasteiger partial charge in [-0.05, 0) is 80.0 Å². The molecular weight excluding hydrogens is 452 g/mol. The van der Waals surface area contributed by atoms with Crippen LogP contribution in [0, 0.1) is 0 Å². The SMILES string of the molecule is CC/C(=C(\C(=O)Nc1ccc(OCCCN(C)C)cc1)c1ccc(OCOC)cc1)c1ccccc1. The molecule has 0 saturated heterocycles. The van der Waals surface area contributed by atoms with Gasteiger partial charge in [0.05, 0.1) is 12.2 Å². The first-order valence-electron chi connectivity index (χ1n) is 12.2. The highest BCUT2D eigenvalue weighted by Gasteiger charge is 2.19. The van der Waals surface area contributed by atoms with Crippen molar-refractivity contribution in [3.63, 3.8) is 0 Å². The third-order valence-electron chi connectivity index (χ3n) is 5.62. The lowest BCUT2D eigenvalue weighted by molar-refractivity contribution is -0.111. The number of nitrogens with zero attached hydrogens (tertiary/aromatic N) is 1. The van der Waals surface area contributed by atoms with Gasteiger partial charge in [0.15, 0.2) is 6.79 Å². The molecule has 0 aliphatic rings. The van der Waals surface area contributed by atoms with E-state index in [4.69, 9.17) is 14.2 Å². The maximum atomic E-state index is 13.6. The second kappa shape index (κ2) is 14.1. The van der Waals surface area contributed by atoms with Crippen LogP contribution in [-0.2, 0) is 9.53 Å². The van der Waals surface area contributed by atoms with Gasteiger partial charge in [-0.15, -0.1) is 0 Å². The van der Waals surface area contributed by atoms with Gasteiger partial charge in [-0.2, -0.15) is 0 Å². The van der Waals surface area contributed by atoms with Crippen molar-refractivity contribution in [3.8, 4) is 11.5 Å². The molecule has 3 rings (SSSR count). The summed E-state index contributed by atoms with van der Waals surface area (Å²) in [6.07, 6.45) is 1.66. The number of hydrogen-bond donors (Lipinski definition) is 1. The van der Waals surface area contributed by atoms with E-state index in [1.165, 1.54) is 0 Å². The Hall–Kier alpha value is -3.61. The minimum absolute atomic E-state index is 0.166. The number of carbonyl (C=O) groups excluding carboxylic acids is 1. The van der Waals surface area contributed by atoms with Gasteiger partial charge in [-0.25, -0.2) is 0 Å². The molecule has 0 unspecified atom stereocenters. The van der Waals surface area contributed by atoms with Gasteiger partial charge in [0.25, 0.3) is 5.91 Å². The van der Waals surface area contributed by atoms with Crippen molar-refractivity contribution in [2.75, 3.05) is 46.5 Å². The Bertz CT molecular complexity index is 1110. The zero-order valence-corrected chi connectivity index (χ0v) is 21.6. The quantitative estimate of drug-likeness (QED) is 0.139. The van der Waals surface area contributed by atoms with Crippen molar-refractivity contribution in [1.29, 1.82) is 0 Å². The standard InChI is InChI=1S/C30H36N2O4/c1-5-28(23-10-7-6-8-11-23)29(24-12-16-27(17-13-24)36-22-34-4)30(33)31-25-14-18-26(19-15-25)35-21-9-20-32(2)3/h6-8,10-19H,5,9,20-22H2,1-4H3,(H,31,33)/b29-28+. The number of amides is 1. The molecular formula is C30H36N2O4. The molecule has 0 bridgehead atoms. The molecule has 190 valence electrons. The molecule has 3 aromatic carbocycles. The maximum Gasteiger partial charge on any atom is 0.256 e. The highest BCUT2D eigenvalue weighted by atomic mass is 16.7. The highest BCUT2D eigenvalue weighted by molar-refractivity contribution is 6.31. The zero-order valence-electron chi connectivity index (χ0n) is 21.6. The molecule has 0 fully saturated rings. The number of nitrogens with one attached hydrogen (secondary N) is 1. The van der Waals surface area contributed by atoms with Crippen molar-refractivity contribution in [2.24, 2.45) is 0 Å². The van der Waals surface area contributed by atoms with E-state index in [9.17, 15) is 4.79 Å². The van der Waals surface area contributed by atoms with Crippen LogP contribution < -0.4 is 14.8 Å². The van der Waals surface area contributed by atoms with Gasteiger partial charge in [-0.1, -0.05) is 49.4 Å². The second-order valence-electron chi connectivity index (χ2n) is 8.63. The molecule has 3 aromatic rings. The molecule has 1 amide bonds. The van der Waals surface area contributed by atoms with E-state index < -0.39 is 0 Å². The van der Waals surface area contributed by atoms with Crippen molar-refractivity contribution in [3.05, 3.63) is 90.0 Å². The van der Waals surface area contributed by atoms with Crippen molar-refractivity contribution in [1.82, 2.24) is 4.90 Å². The largest absolute Gasteiger partial charge is 0.494 e. The fraction of sp³-hybridized carbons (Fsp3) is 0.300. The second-order valence-corrected chi connectivity index (χ2v) is 8.63. The first-order valence-corrected chi connectivity index (χ1v) is 12.2. The predicted molar refractivity (Wildman–Crippen MR) is 146 cm³/mol. The van der Waals surface area contributed by atoms with E-state index in [2.05, 4.69) is 17.1 Å². The number of allylic oxidation sites excluding steroid dienone is 1. The van der Waals surface area contributed by atoms with E-state index in [0.717, 1.165) is 35.4 Å². The minimum atomic E-state index is -0.166. The van der Waals surface area contributed by atoms with E-state index in [0.29, 0.717) is 30.0 Å². The Labute approximate surface area is 214 Å². The fourth-order valence-electron chi connectivity index (χ4n) is 3.85.